The molecule has 8 nitrogen and oxygen atoms in total. The number of methoxy groups -OCH3 is 1. The maximum absolute atomic E-state index is 12.7. The van der Waals surface area contributed by atoms with Gasteiger partial charge in [0, 0.05) is 36.9 Å². The molecule has 1 atom stereocenters. The number of anilines is 2. The van der Waals surface area contributed by atoms with Gasteiger partial charge in [-0.15, -0.1) is 0 Å². The minimum absolute atomic E-state index is 0.0131. The van der Waals surface area contributed by atoms with Crippen molar-refractivity contribution in [2.75, 3.05) is 38.4 Å². The Morgan fingerprint density at radius 2 is 1.83 bits per heavy atom. The SMILES string of the molecule is COC(CN(C)C)C(=O)Nc1ccc(C)c(-c2cccc(-c3cc(NC(=O)C4CC4)ncn3)c2)c1. The van der Waals surface area contributed by atoms with Crippen LogP contribution >= 0.6 is 0 Å². The molecule has 3 aromatic rings. The highest BCUT2D eigenvalue weighted by molar-refractivity contribution is 5.95. The highest BCUT2D eigenvalue weighted by Crippen LogP contribution is 2.32. The van der Waals surface area contributed by atoms with Gasteiger partial charge >= 0.3 is 0 Å². The number of likely N-dealkylation sites (N-methyl/N-ethyl adjacent to an activating group) is 1. The van der Waals surface area contributed by atoms with Crippen LogP contribution in [0, 0.1) is 12.8 Å². The first-order valence-electron chi connectivity index (χ1n) is 11.7. The predicted molar refractivity (Wildman–Crippen MR) is 137 cm³/mol. The van der Waals surface area contributed by atoms with Gasteiger partial charge in [-0.2, -0.15) is 0 Å². The largest absolute Gasteiger partial charge is 0.370 e. The number of ether oxygens (including phenoxy) is 1. The summed E-state index contributed by atoms with van der Waals surface area (Å²) in [6, 6.07) is 15.7. The van der Waals surface area contributed by atoms with Crippen molar-refractivity contribution < 1.29 is 14.3 Å². The first-order valence-corrected chi connectivity index (χ1v) is 11.7. The first-order chi connectivity index (χ1) is 16.8. The van der Waals surface area contributed by atoms with Crippen LogP contribution in [0.4, 0.5) is 11.5 Å². The molecule has 182 valence electrons. The maximum Gasteiger partial charge on any atom is 0.254 e. The summed E-state index contributed by atoms with van der Waals surface area (Å²) in [6.45, 7) is 2.53. The summed E-state index contributed by atoms with van der Waals surface area (Å²) in [4.78, 5) is 35.3. The molecule has 2 amide bonds. The molecule has 4 rings (SSSR count). The molecule has 1 fully saturated rings. The molecule has 2 N–H and O–H groups in total. The van der Waals surface area contributed by atoms with Crippen molar-refractivity contribution in [1.29, 1.82) is 0 Å². The third-order valence-electron chi connectivity index (χ3n) is 5.95. The van der Waals surface area contributed by atoms with E-state index in [9.17, 15) is 9.59 Å². The monoisotopic (exact) mass is 473 g/mol. The van der Waals surface area contributed by atoms with Crippen LogP contribution in [0.15, 0.2) is 54.9 Å². The summed E-state index contributed by atoms with van der Waals surface area (Å²) in [7, 11) is 5.34. The Hall–Kier alpha value is -3.62. The molecule has 0 radical (unpaired) electrons. The highest BCUT2D eigenvalue weighted by atomic mass is 16.5. The normalized spacial score (nSPS) is 14.0. The van der Waals surface area contributed by atoms with E-state index in [2.05, 4.69) is 20.6 Å². The van der Waals surface area contributed by atoms with Gasteiger partial charge in [-0.1, -0.05) is 24.3 Å². The summed E-state index contributed by atoms with van der Waals surface area (Å²) < 4.78 is 5.36. The number of amides is 2. The zero-order valence-electron chi connectivity index (χ0n) is 20.5. The Labute approximate surface area is 205 Å². The van der Waals surface area contributed by atoms with Gasteiger partial charge in [-0.05, 0) is 68.8 Å². The second-order valence-electron chi connectivity index (χ2n) is 9.14. The molecule has 0 aliphatic heterocycles. The van der Waals surface area contributed by atoms with E-state index >= 15 is 0 Å². The van der Waals surface area contributed by atoms with Crippen LogP contribution in [0.2, 0.25) is 0 Å². The number of nitrogens with zero attached hydrogens (tertiary/aromatic N) is 3. The molecule has 0 saturated heterocycles. The van der Waals surface area contributed by atoms with Crippen LogP contribution in [0.3, 0.4) is 0 Å². The Morgan fingerprint density at radius 1 is 1.06 bits per heavy atom. The fourth-order valence-electron chi connectivity index (χ4n) is 3.83. The highest BCUT2D eigenvalue weighted by Gasteiger charge is 2.29. The van der Waals surface area contributed by atoms with Gasteiger partial charge in [-0.25, -0.2) is 9.97 Å². The van der Waals surface area contributed by atoms with E-state index in [-0.39, 0.29) is 17.7 Å². The Morgan fingerprint density at radius 3 is 2.54 bits per heavy atom. The lowest BCUT2D eigenvalue weighted by molar-refractivity contribution is -0.126. The van der Waals surface area contributed by atoms with Crippen molar-refractivity contribution in [1.82, 2.24) is 14.9 Å². The van der Waals surface area contributed by atoms with Crippen LogP contribution in [-0.2, 0) is 14.3 Å². The smallest absolute Gasteiger partial charge is 0.254 e. The number of aromatic nitrogens is 2. The van der Waals surface area contributed by atoms with Crippen molar-refractivity contribution in [2.24, 2.45) is 5.92 Å². The summed E-state index contributed by atoms with van der Waals surface area (Å²) in [6.07, 6.45) is 2.77. The number of hydrogen-bond donors (Lipinski definition) is 2. The molecule has 0 spiro atoms. The lowest BCUT2D eigenvalue weighted by Crippen LogP contribution is -2.38. The molecule has 1 saturated carbocycles. The number of benzene rings is 2. The minimum Gasteiger partial charge on any atom is -0.370 e. The average Bonchev–Trinajstić information content (AvgIpc) is 3.69. The van der Waals surface area contributed by atoms with Crippen LogP contribution in [-0.4, -0.2) is 60.5 Å². The molecule has 1 unspecified atom stereocenters. The van der Waals surface area contributed by atoms with E-state index in [4.69, 9.17) is 4.74 Å². The van der Waals surface area contributed by atoms with E-state index in [0.717, 1.165) is 40.8 Å². The topological polar surface area (TPSA) is 96.5 Å². The third kappa shape index (κ3) is 6.29. The van der Waals surface area contributed by atoms with Crippen molar-refractivity contribution in [3.8, 4) is 22.4 Å². The van der Waals surface area contributed by atoms with E-state index in [1.807, 2.05) is 68.4 Å². The standard InChI is InChI=1S/C27H31N5O3/c1-17-8-11-21(30-27(34)24(35-4)15-32(2)3)13-22(17)19-6-5-7-20(12-19)23-14-25(29-16-28-23)31-26(33)18-9-10-18/h5-8,11-14,16,18,24H,9-10,15H2,1-4H3,(H,30,34)(H,28,29,31,33). The summed E-state index contributed by atoms with van der Waals surface area (Å²) in [5.41, 5.74) is 5.41. The molecular weight excluding hydrogens is 442 g/mol. The average molecular weight is 474 g/mol. The predicted octanol–water partition coefficient (Wildman–Crippen LogP) is 3.98. The van der Waals surface area contributed by atoms with Gasteiger partial charge in [0.05, 0.1) is 5.69 Å². The zero-order chi connectivity index (χ0) is 24.9. The molecule has 35 heavy (non-hydrogen) atoms. The molecule has 1 aromatic heterocycles. The molecular formula is C27H31N5O3. The van der Waals surface area contributed by atoms with Crippen molar-refractivity contribution in [3.63, 3.8) is 0 Å². The van der Waals surface area contributed by atoms with Gasteiger partial charge < -0.3 is 20.3 Å². The molecule has 1 aliphatic carbocycles. The van der Waals surface area contributed by atoms with Crippen molar-refractivity contribution in [3.05, 3.63) is 60.4 Å². The lowest BCUT2D eigenvalue weighted by atomic mass is 9.97. The fraction of sp³-hybridized carbons (Fsp3) is 0.333. The number of aryl methyl sites for hydroxylation is 1. The van der Waals surface area contributed by atoms with Crippen LogP contribution in [0.25, 0.3) is 22.4 Å². The molecule has 2 aromatic carbocycles. The van der Waals surface area contributed by atoms with Gasteiger partial charge in [0.1, 0.15) is 18.2 Å². The molecule has 8 heteroatoms. The molecule has 1 heterocycles. The number of hydrogen-bond acceptors (Lipinski definition) is 6. The fourth-order valence-corrected chi connectivity index (χ4v) is 3.83. The second kappa shape index (κ2) is 10.8. The van der Waals surface area contributed by atoms with Crippen molar-refractivity contribution >= 4 is 23.3 Å². The number of nitrogens with one attached hydrogen (secondary N) is 2. The van der Waals surface area contributed by atoms with Crippen molar-refractivity contribution in [2.45, 2.75) is 25.9 Å². The number of carbonyl (C=O) groups excluding carboxylic acids is 2. The van der Waals surface area contributed by atoms with Crippen LogP contribution < -0.4 is 10.6 Å². The Kier molecular flexibility index (Phi) is 7.53. The Bertz CT molecular complexity index is 1220. The number of carbonyl (C=O) groups is 2. The van der Waals surface area contributed by atoms with Crippen LogP contribution in [0.1, 0.15) is 18.4 Å². The van der Waals surface area contributed by atoms with Gasteiger partial charge in [0.2, 0.25) is 5.91 Å². The van der Waals surface area contributed by atoms with Crippen LogP contribution in [0.5, 0.6) is 0 Å². The summed E-state index contributed by atoms with van der Waals surface area (Å²) in [5.74, 6) is 0.434. The van der Waals surface area contributed by atoms with Gasteiger partial charge in [0.25, 0.3) is 5.91 Å². The van der Waals surface area contributed by atoms with Gasteiger partial charge in [0.15, 0.2) is 0 Å². The van der Waals surface area contributed by atoms with E-state index < -0.39 is 6.10 Å². The van der Waals surface area contributed by atoms with E-state index in [1.54, 1.807) is 6.07 Å². The molecule has 1 aliphatic rings. The second-order valence-corrected chi connectivity index (χ2v) is 9.14. The lowest BCUT2D eigenvalue weighted by Gasteiger charge is -2.19. The van der Waals surface area contributed by atoms with E-state index in [0.29, 0.717) is 18.1 Å². The zero-order valence-corrected chi connectivity index (χ0v) is 20.5. The Balaban J connectivity index is 1.56. The molecule has 0 bridgehead atoms. The summed E-state index contributed by atoms with van der Waals surface area (Å²) >= 11 is 0. The van der Waals surface area contributed by atoms with Gasteiger partial charge in [-0.3, -0.25) is 9.59 Å². The maximum atomic E-state index is 12.7. The minimum atomic E-state index is -0.564. The quantitative estimate of drug-likeness (QED) is 0.488. The van der Waals surface area contributed by atoms with E-state index in [1.165, 1.54) is 13.4 Å². The third-order valence-corrected chi connectivity index (χ3v) is 5.95. The number of rotatable bonds is 9. The summed E-state index contributed by atoms with van der Waals surface area (Å²) in [5, 5.41) is 5.85. The first kappa shape index (κ1) is 24.5.